The minimum Gasteiger partial charge on any atom is -0.507 e. The van der Waals surface area contributed by atoms with Crippen LogP contribution >= 0.6 is 0 Å². The number of amides is 1. The molecule has 2 heterocycles. The van der Waals surface area contributed by atoms with Crippen LogP contribution in [0.5, 0.6) is 17.2 Å². The van der Waals surface area contributed by atoms with Gasteiger partial charge in [0.25, 0.3) is 11.7 Å². The van der Waals surface area contributed by atoms with Gasteiger partial charge in [-0.2, -0.15) is 0 Å². The smallest absolute Gasteiger partial charge is 0.300 e. The molecule has 7 heteroatoms. The summed E-state index contributed by atoms with van der Waals surface area (Å²) in [7, 11) is 1.56. The van der Waals surface area contributed by atoms with Crippen LogP contribution in [0.25, 0.3) is 5.76 Å². The lowest BCUT2D eigenvalue weighted by Crippen LogP contribution is -2.29. The number of fused-ring (bicyclic) bond motifs is 1. The van der Waals surface area contributed by atoms with Gasteiger partial charge in [-0.15, -0.1) is 0 Å². The first-order valence-electron chi connectivity index (χ1n) is 12.1. The Kier molecular flexibility index (Phi) is 6.15. The van der Waals surface area contributed by atoms with Crippen LogP contribution in [-0.2, 0) is 15.0 Å². The molecule has 1 atom stereocenters. The lowest BCUT2D eigenvalue weighted by molar-refractivity contribution is -0.132. The molecule has 1 saturated heterocycles. The Morgan fingerprint density at radius 2 is 1.57 bits per heavy atom. The molecule has 1 unspecified atom stereocenters. The number of aliphatic hydroxyl groups excluding tert-OH is 1. The van der Waals surface area contributed by atoms with E-state index in [-0.39, 0.29) is 16.7 Å². The molecule has 5 rings (SSSR count). The molecule has 1 N–H and O–H groups in total. The van der Waals surface area contributed by atoms with Gasteiger partial charge in [0.05, 0.1) is 18.7 Å². The zero-order valence-corrected chi connectivity index (χ0v) is 21.3. The summed E-state index contributed by atoms with van der Waals surface area (Å²) in [6, 6.07) is 18.9. The number of hydrogen-bond acceptors (Lipinski definition) is 6. The number of nitrogens with zero attached hydrogens (tertiary/aromatic N) is 1. The summed E-state index contributed by atoms with van der Waals surface area (Å²) in [5.41, 5.74) is 2.66. The summed E-state index contributed by atoms with van der Waals surface area (Å²) in [6.07, 6.45) is 0. The van der Waals surface area contributed by atoms with E-state index in [1.54, 1.807) is 49.6 Å². The maximum Gasteiger partial charge on any atom is 0.300 e. The van der Waals surface area contributed by atoms with Crippen molar-refractivity contribution in [1.29, 1.82) is 0 Å². The van der Waals surface area contributed by atoms with Gasteiger partial charge in [-0.3, -0.25) is 14.5 Å². The van der Waals surface area contributed by atoms with Crippen molar-refractivity contribution in [1.82, 2.24) is 0 Å². The number of methoxy groups -OCH3 is 1. The number of carbonyl (C=O) groups excluding carboxylic acids is 2. The average Bonchev–Trinajstić information content (AvgIpc) is 3.17. The zero-order valence-electron chi connectivity index (χ0n) is 21.3. The van der Waals surface area contributed by atoms with Crippen molar-refractivity contribution in [3.63, 3.8) is 0 Å². The summed E-state index contributed by atoms with van der Waals surface area (Å²) < 4.78 is 16.5. The predicted octanol–water partition coefficient (Wildman–Crippen LogP) is 5.39. The van der Waals surface area contributed by atoms with E-state index < -0.39 is 17.7 Å². The normalized spacial score (nSPS) is 18.7. The van der Waals surface area contributed by atoms with Gasteiger partial charge in [-0.25, -0.2) is 0 Å². The number of ether oxygens (including phenoxy) is 3. The van der Waals surface area contributed by atoms with Gasteiger partial charge in [0, 0.05) is 11.3 Å². The Balaban J connectivity index is 1.67. The minimum atomic E-state index is -0.824. The van der Waals surface area contributed by atoms with E-state index in [1.807, 2.05) is 24.3 Å². The lowest BCUT2D eigenvalue weighted by atomic mass is 9.85. The van der Waals surface area contributed by atoms with Crippen LogP contribution in [-0.4, -0.2) is 37.1 Å². The third-order valence-corrected chi connectivity index (χ3v) is 6.70. The van der Waals surface area contributed by atoms with Crippen LogP contribution in [0.15, 0.2) is 72.3 Å². The Hall–Kier alpha value is -4.26. The van der Waals surface area contributed by atoms with Crippen LogP contribution in [0.4, 0.5) is 5.69 Å². The molecular formula is C30H29NO6. The third kappa shape index (κ3) is 4.42. The van der Waals surface area contributed by atoms with Crippen molar-refractivity contribution < 1.29 is 28.9 Å². The standard InChI is InChI=1S/C30H29NO6/c1-30(2,3)20-8-5-18(6-9-20)26-25(27(32)19-7-14-23-24(17-19)37-16-15-36-23)28(33)29(34)31(26)21-10-12-22(35-4)13-11-21/h5-14,17,26,32H,15-16H2,1-4H3/b27-25-. The molecular weight excluding hydrogens is 470 g/mol. The molecule has 0 bridgehead atoms. The van der Waals surface area contributed by atoms with E-state index in [9.17, 15) is 14.7 Å². The maximum absolute atomic E-state index is 13.4. The SMILES string of the molecule is COc1ccc(N2C(=O)C(=O)/C(=C(\O)c3ccc4c(c3)OCCO4)C2c2ccc(C(C)(C)C)cc2)cc1. The first kappa shape index (κ1) is 24.4. The highest BCUT2D eigenvalue weighted by Crippen LogP contribution is 2.44. The number of carbonyl (C=O) groups is 2. The Morgan fingerprint density at radius 1 is 0.919 bits per heavy atom. The molecule has 0 radical (unpaired) electrons. The van der Waals surface area contributed by atoms with Gasteiger partial charge in [0.2, 0.25) is 0 Å². The molecule has 1 fully saturated rings. The van der Waals surface area contributed by atoms with Crippen molar-refractivity contribution in [2.45, 2.75) is 32.2 Å². The Morgan fingerprint density at radius 3 is 2.19 bits per heavy atom. The molecule has 37 heavy (non-hydrogen) atoms. The lowest BCUT2D eigenvalue weighted by Gasteiger charge is -2.27. The fourth-order valence-electron chi connectivity index (χ4n) is 4.67. The second-order valence-corrected chi connectivity index (χ2v) is 10.1. The van der Waals surface area contributed by atoms with Crippen LogP contribution in [0.1, 0.15) is 43.5 Å². The molecule has 2 aliphatic heterocycles. The Labute approximate surface area is 215 Å². The average molecular weight is 500 g/mol. The number of rotatable bonds is 4. The van der Waals surface area contributed by atoms with Crippen LogP contribution in [0.3, 0.4) is 0 Å². The van der Waals surface area contributed by atoms with Gasteiger partial charge >= 0.3 is 0 Å². The van der Waals surface area contributed by atoms with Crippen molar-refractivity contribution in [3.8, 4) is 17.2 Å². The summed E-state index contributed by atoms with van der Waals surface area (Å²) in [5.74, 6) is -0.0669. The summed E-state index contributed by atoms with van der Waals surface area (Å²) in [5, 5.41) is 11.4. The van der Waals surface area contributed by atoms with Crippen LogP contribution in [0, 0.1) is 0 Å². The Bertz CT molecular complexity index is 1380. The number of benzene rings is 3. The van der Waals surface area contributed by atoms with Crippen molar-refractivity contribution in [2.75, 3.05) is 25.2 Å². The van der Waals surface area contributed by atoms with E-state index in [0.717, 1.165) is 5.56 Å². The van der Waals surface area contributed by atoms with Crippen molar-refractivity contribution in [3.05, 3.63) is 89.0 Å². The number of ketones is 1. The first-order valence-corrected chi connectivity index (χ1v) is 12.1. The van der Waals surface area contributed by atoms with E-state index in [1.165, 1.54) is 4.90 Å². The molecule has 0 aromatic heterocycles. The largest absolute Gasteiger partial charge is 0.507 e. The zero-order chi connectivity index (χ0) is 26.3. The molecule has 3 aromatic rings. The van der Waals surface area contributed by atoms with Crippen molar-refractivity contribution >= 4 is 23.1 Å². The van der Waals surface area contributed by atoms with E-state index in [0.29, 0.717) is 47.3 Å². The van der Waals surface area contributed by atoms with E-state index in [2.05, 4.69) is 20.8 Å². The van der Waals surface area contributed by atoms with Crippen LogP contribution in [0.2, 0.25) is 0 Å². The number of Topliss-reactive ketones (excluding diaryl/α,β-unsaturated/α-hetero) is 1. The topological polar surface area (TPSA) is 85.3 Å². The fourth-order valence-corrected chi connectivity index (χ4v) is 4.67. The fraction of sp³-hybridized carbons (Fsp3) is 0.267. The number of anilines is 1. The quantitative estimate of drug-likeness (QED) is 0.294. The third-order valence-electron chi connectivity index (χ3n) is 6.70. The summed E-state index contributed by atoms with van der Waals surface area (Å²) >= 11 is 0. The van der Waals surface area contributed by atoms with Gasteiger partial charge in [0.15, 0.2) is 11.5 Å². The van der Waals surface area contributed by atoms with E-state index in [4.69, 9.17) is 14.2 Å². The molecule has 1 amide bonds. The molecule has 0 aliphatic carbocycles. The molecule has 0 saturated carbocycles. The van der Waals surface area contributed by atoms with Gasteiger partial charge < -0.3 is 19.3 Å². The highest BCUT2D eigenvalue weighted by molar-refractivity contribution is 6.51. The van der Waals surface area contributed by atoms with E-state index >= 15 is 0 Å². The monoisotopic (exact) mass is 499 g/mol. The number of aliphatic hydroxyl groups is 1. The first-order chi connectivity index (χ1) is 17.7. The highest BCUT2D eigenvalue weighted by Gasteiger charge is 2.47. The minimum absolute atomic E-state index is 0.0148. The molecule has 2 aliphatic rings. The molecule has 0 spiro atoms. The predicted molar refractivity (Wildman–Crippen MR) is 140 cm³/mol. The van der Waals surface area contributed by atoms with Gasteiger partial charge in [-0.1, -0.05) is 45.0 Å². The number of hydrogen-bond donors (Lipinski definition) is 1. The second-order valence-electron chi connectivity index (χ2n) is 10.1. The summed E-state index contributed by atoms with van der Waals surface area (Å²) in [6.45, 7) is 7.18. The highest BCUT2D eigenvalue weighted by atomic mass is 16.6. The van der Waals surface area contributed by atoms with Gasteiger partial charge in [-0.05, 0) is 59.0 Å². The second kappa shape index (κ2) is 9.32. The van der Waals surface area contributed by atoms with Gasteiger partial charge in [0.1, 0.15) is 24.7 Å². The summed E-state index contributed by atoms with van der Waals surface area (Å²) in [4.78, 5) is 28.3. The maximum atomic E-state index is 13.4. The molecule has 3 aromatic carbocycles. The van der Waals surface area contributed by atoms with Crippen molar-refractivity contribution in [2.24, 2.45) is 0 Å². The van der Waals surface area contributed by atoms with Crippen LogP contribution < -0.4 is 19.1 Å². The molecule has 7 nitrogen and oxygen atoms in total. The molecule has 190 valence electrons.